The fourth-order valence-electron chi connectivity index (χ4n) is 2.88. The van der Waals surface area contributed by atoms with E-state index in [1.54, 1.807) is 18.5 Å². The molecule has 1 amide bonds. The lowest BCUT2D eigenvalue weighted by Crippen LogP contribution is -2.14. The molecule has 7 heteroatoms. The van der Waals surface area contributed by atoms with Crippen LogP contribution >= 0.6 is 11.6 Å². The van der Waals surface area contributed by atoms with Crippen molar-refractivity contribution in [2.75, 3.05) is 0 Å². The Bertz CT molecular complexity index is 1120. The number of carbonyl (C=O) groups excluding carboxylic acids is 1. The highest BCUT2D eigenvalue weighted by molar-refractivity contribution is 6.29. The summed E-state index contributed by atoms with van der Waals surface area (Å²) in [5, 5.41) is 0.410. The van der Waals surface area contributed by atoms with Gasteiger partial charge >= 0.3 is 0 Å². The van der Waals surface area contributed by atoms with Gasteiger partial charge in [0, 0.05) is 29.7 Å². The van der Waals surface area contributed by atoms with Gasteiger partial charge in [-0.05, 0) is 30.3 Å². The molecule has 0 aliphatic carbocycles. The lowest BCUT2D eigenvalue weighted by molar-refractivity contribution is -0.117. The fourth-order valence-corrected chi connectivity index (χ4v) is 3.05. The van der Waals surface area contributed by atoms with Gasteiger partial charge in [-0.25, -0.2) is 9.97 Å². The van der Waals surface area contributed by atoms with E-state index in [0.717, 1.165) is 28.2 Å². The van der Waals surface area contributed by atoms with Crippen LogP contribution in [0, 0.1) is 0 Å². The van der Waals surface area contributed by atoms with Gasteiger partial charge in [0.15, 0.2) is 0 Å². The number of carbonyl (C=O) groups is 1. The van der Waals surface area contributed by atoms with Crippen molar-refractivity contribution in [3.05, 3.63) is 71.9 Å². The molecule has 128 valence electrons. The monoisotopic (exact) mass is 363 g/mol. The van der Waals surface area contributed by atoms with Crippen LogP contribution in [0.5, 0.6) is 0 Å². The maximum Gasteiger partial charge on any atom is 0.223 e. The van der Waals surface area contributed by atoms with E-state index in [4.69, 9.17) is 17.3 Å². The summed E-state index contributed by atoms with van der Waals surface area (Å²) in [5.74, 6) is -0.401. The van der Waals surface area contributed by atoms with Crippen molar-refractivity contribution in [3.63, 3.8) is 0 Å². The molecule has 0 fully saturated rings. The molecule has 4 heterocycles. The third-order valence-electron chi connectivity index (χ3n) is 4.01. The molecule has 6 nitrogen and oxygen atoms in total. The minimum atomic E-state index is -0.401. The molecule has 0 aliphatic heterocycles. The maximum atomic E-state index is 11.3. The summed E-state index contributed by atoms with van der Waals surface area (Å²) in [7, 11) is 0. The first-order valence-electron chi connectivity index (χ1n) is 7.94. The number of halogens is 1. The van der Waals surface area contributed by atoms with Crippen molar-refractivity contribution in [3.8, 4) is 22.5 Å². The molecule has 4 aromatic rings. The maximum absolute atomic E-state index is 11.3. The van der Waals surface area contributed by atoms with Crippen LogP contribution in [-0.2, 0) is 11.2 Å². The van der Waals surface area contributed by atoms with Gasteiger partial charge in [-0.3, -0.25) is 9.78 Å². The van der Waals surface area contributed by atoms with E-state index in [2.05, 4.69) is 15.0 Å². The minimum Gasteiger partial charge on any atom is -0.369 e. The number of hydrogen-bond acceptors (Lipinski definition) is 4. The average molecular weight is 364 g/mol. The molecule has 4 aromatic heterocycles. The van der Waals surface area contributed by atoms with E-state index < -0.39 is 5.91 Å². The number of amides is 1. The van der Waals surface area contributed by atoms with Crippen LogP contribution in [0.3, 0.4) is 0 Å². The van der Waals surface area contributed by atoms with Crippen LogP contribution in [0.25, 0.3) is 28.2 Å². The standard InChI is InChI=1S/C19H14ClN5O/c20-16-5-1-4-15(24-16)19-14(3-2-8-22-19)12-6-7-18-23-10-13(9-17(21)26)25(18)11-12/h1-8,10-11H,9H2,(H2,21,26). The summed E-state index contributed by atoms with van der Waals surface area (Å²) in [4.78, 5) is 24.4. The number of imidazole rings is 1. The van der Waals surface area contributed by atoms with Crippen LogP contribution in [0.4, 0.5) is 0 Å². The number of pyridine rings is 3. The second kappa shape index (κ2) is 6.57. The number of nitrogens with two attached hydrogens (primary N) is 1. The van der Waals surface area contributed by atoms with Crippen molar-refractivity contribution >= 4 is 23.2 Å². The van der Waals surface area contributed by atoms with Crippen LogP contribution in [0.1, 0.15) is 5.69 Å². The molecule has 0 spiro atoms. The summed E-state index contributed by atoms with van der Waals surface area (Å²) < 4.78 is 1.86. The molecule has 2 N–H and O–H groups in total. The predicted octanol–water partition coefficient (Wildman–Crippen LogP) is 3.14. The number of nitrogens with zero attached hydrogens (tertiary/aromatic N) is 4. The third-order valence-corrected chi connectivity index (χ3v) is 4.22. The molecule has 0 aromatic carbocycles. The van der Waals surface area contributed by atoms with Crippen LogP contribution in [-0.4, -0.2) is 25.3 Å². The Kier molecular flexibility index (Phi) is 4.10. The average Bonchev–Trinajstić information content (AvgIpc) is 3.03. The second-order valence-corrected chi connectivity index (χ2v) is 6.17. The summed E-state index contributed by atoms with van der Waals surface area (Å²) >= 11 is 6.03. The van der Waals surface area contributed by atoms with Crippen molar-refractivity contribution in [1.29, 1.82) is 0 Å². The highest BCUT2D eigenvalue weighted by atomic mass is 35.5. The zero-order valence-corrected chi connectivity index (χ0v) is 14.4. The third kappa shape index (κ3) is 3.02. The van der Waals surface area contributed by atoms with Gasteiger partial charge in [-0.15, -0.1) is 0 Å². The summed E-state index contributed by atoms with van der Waals surface area (Å²) in [6.07, 6.45) is 5.42. The topological polar surface area (TPSA) is 86.2 Å². The van der Waals surface area contributed by atoms with Crippen molar-refractivity contribution in [1.82, 2.24) is 19.4 Å². The molecule has 0 atom stereocenters. The molecular weight excluding hydrogens is 350 g/mol. The highest BCUT2D eigenvalue weighted by Gasteiger charge is 2.12. The van der Waals surface area contributed by atoms with Gasteiger partial charge in [0.1, 0.15) is 10.8 Å². The number of rotatable bonds is 4. The molecule has 0 radical (unpaired) electrons. The first kappa shape index (κ1) is 16.2. The molecular formula is C19H14ClN5O. The number of aromatic nitrogens is 4. The van der Waals surface area contributed by atoms with Gasteiger partial charge < -0.3 is 10.1 Å². The molecule has 0 unspecified atom stereocenters. The Labute approximate surface area is 154 Å². The van der Waals surface area contributed by atoms with Crippen molar-refractivity contribution < 1.29 is 4.79 Å². The molecule has 0 aliphatic rings. The number of hydrogen-bond donors (Lipinski definition) is 1. The Morgan fingerprint density at radius 1 is 1.12 bits per heavy atom. The molecule has 0 saturated carbocycles. The van der Waals surface area contributed by atoms with Gasteiger partial charge in [-0.2, -0.15) is 0 Å². The first-order valence-corrected chi connectivity index (χ1v) is 8.32. The van der Waals surface area contributed by atoms with E-state index in [1.807, 2.05) is 47.0 Å². The largest absolute Gasteiger partial charge is 0.369 e. The van der Waals surface area contributed by atoms with Crippen molar-refractivity contribution in [2.45, 2.75) is 6.42 Å². The van der Waals surface area contributed by atoms with Crippen LogP contribution < -0.4 is 5.73 Å². The SMILES string of the molecule is NC(=O)Cc1cnc2ccc(-c3cccnc3-c3cccc(Cl)n3)cn12. The molecule has 4 rings (SSSR count). The smallest absolute Gasteiger partial charge is 0.223 e. The Hall–Kier alpha value is -3.25. The number of primary amides is 1. The molecule has 0 saturated heterocycles. The lowest BCUT2D eigenvalue weighted by Gasteiger charge is -2.10. The van der Waals surface area contributed by atoms with E-state index in [1.165, 1.54) is 0 Å². The summed E-state index contributed by atoms with van der Waals surface area (Å²) in [6.45, 7) is 0. The number of fused-ring (bicyclic) bond motifs is 1. The van der Waals surface area contributed by atoms with E-state index in [9.17, 15) is 4.79 Å². The molecule has 26 heavy (non-hydrogen) atoms. The fraction of sp³-hybridized carbons (Fsp3) is 0.0526. The normalized spacial score (nSPS) is 11.0. The van der Waals surface area contributed by atoms with Crippen molar-refractivity contribution in [2.24, 2.45) is 5.73 Å². The predicted molar refractivity (Wildman–Crippen MR) is 99.6 cm³/mol. The first-order chi connectivity index (χ1) is 12.6. The van der Waals surface area contributed by atoms with Gasteiger partial charge in [0.2, 0.25) is 5.91 Å². The van der Waals surface area contributed by atoms with Gasteiger partial charge in [-0.1, -0.05) is 23.7 Å². The second-order valence-electron chi connectivity index (χ2n) is 5.78. The van der Waals surface area contributed by atoms with Crippen LogP contribution in [0.15, 0.2) is 61.1 Å². The summed E-state index contributed by atoms with van der Waals surface area (Å²) in [5.41, 5.74) is 10.1. The molecule has 0 bridgehead atoms. The quantitative estimate of drug-likeness (QED) is 0.564. The Morgan fingerprint density at radius 3 is 2.81 bits per heavy atom. The van der Waals surface area contributed by atoms with Gasteiger partial charge in [0.25, 0.3) is 0 Å². The van der Waals surface area contributed by atoms with E-state index in [-0.39, 0.29) is 6.42 Å². The zero-order valence-electron chi connectivity index (χ0n) is 13.6. The Morgan fingerprint density at radius 2 is 2.00 bits per heavy atom. The van der Waals surface area contributed by atoms with Crippen LogP contribution in [0.2, 0.25) is 5.15 Å². The Balaban J connectivity index is 1.87. The zero-order chi connectivity index (χ0) is 18.1. The van der Waals surface area contributed by atoms with Gasteiger partial charge in [0.05, 0.1) is 23.5 Å². The summed E-state index contributed by atoms with van der Waals surface area (Å²) in [6, 6.07) is 13.1. The lowest BCUT2D eigenvalue weighted by atomic mass is 10.0. The van der Waals surface area contributed by atoms with E-state index in [0.29, 0.717) is 10.8 Å². The highest BCUT2D eigenvalue weighted by Crippen LogP contribution is 2.30. The minimum absolute atomic E-state index is 0.125. The van der Waals surface area contributed by atoms with E-state index >= 15 is 0 Å².